The van der Waals surface area contributed by atoms with Gasteiger partial charge in [0, 0.05) is 12.3 Å². The smallest absolute Gasteiger partial charge is 0.154 e. The first-order valence-electron chi connectivity index (χ1n) is 6.15. The van der Waals surface area contributed by atoms with E-state index in [2.05, 4.69) is 19.2 Å². The number of rotatable bonds is 7. The van der Waals surface area contributed by atoms with Crippen molar-refractivity contribution in [2.75, 3.05) is 12.8 Å². The fraction of sp³-hybridized carbons (Fsp3) is 1.00. The third kappa shape index (κ3) is 3.45. The molecule has 3 nitrogen and oxygen atoms in total. The maximum Gasteiger partial charge on any atom is 0.154 e. The van der Waals surface area contributed by atoms with Crippen molar-refractivity contribution in [3.05, 3.63) is 0 Å². The molecule has 0 heterocycles. The van der Waals surface area contributed by atoms with Crippen LogP contribution >= 0.6 is 0 Å². The third-order valence-electron chi connectivity index (χ3n) is 3.65. The van der Waals surface area contributed by atoms with E-state index >= 15 is 0 Å². The van der Waals surface area contributed by atoms with E-state index in [1.807, 2.05) is 20.8 Å². The quantitative estimate of drug-likeness (QED) is 0.752. The van der Waals surface area contributed by atoms with Gasteiger partial charge in [0.2, 0.25) is 0 Å². The lowest BCUT2D eigenvalue weighted by Crippen LogP contribution is -2.55. The Morgan fingerprint density at radius 3 is 1.81 bits per heavy atom. The molecule has 0 fully saturated rings. The second-order valence-electron chi connectivity index (χ2n) is 4.99. The van der Waals surface area contributed by atoms with E-state index in [1.54, 1.807) is 0 Å². The van der Waals surface area contributed by atoms with Crippen LogP contribution in [0.2, 0.25) is 0 Å². The lowest BCUT2D eigenvalue weighted by Gasteiger charge is -2.38. The average molecular weight is 249 g/mol. The van der Waals surface area contributed by atoms with Crippen LogP contribution in [0.25, 0.3) is 0 Å². The molecule has 0 radical (unpaired) electrons. The summed E-state index contributed by atoms with van der Waals surface area (Å²) in [6, 6.07) is 0.0301. The van der Waals surface area contributed by atoms with Crippen LogP contribution in [0.1, 0.15) is 47.5 Å². The Balaban J connectivity index is 5.19. The van der Waals surface area contributed by atoms with Crippen LogP contribution in [0, 0.1) is 5.92 Å². The Hall–Kier alpha value is -0.0900. The van der Waals surface area contributed by atoms with Crippen molar-refractivity contribution in [1.29, 1.82) is 0 Å². The van der Waals surface area contributed by atoms with Crippen molar-refractivity contribution in [3.8, 4) is 0 Å². The van der Waals surface area contributed by atoms with Gasteiger partial charge in [0.15, 0.2) is 9.84 Å². The molecule has 0 aromatic carbocycles. The Kier molecular flexibility index (Phi) is 5.98. The first kappa shape index (κ1) is 15.9. The van der Waals surface area contributed by atoms with E-state index in [0.717, 1.165) is 19.4 Å². The average Bonchev–Trinajstić information content (AvgIpc) is 2.16. The molecule has 98 valence electrons. The first-order valence-corrected chi connectivity index (χ1v) is 8.04. The first-order chi connectivity index (χ1) is 7.22. The Morgan fingerprint density at radius 2 is 1.56 bits per heavy atom. The molecule has 1 atom stereocenters. The lowest BCUT2D eigenvalue weighted by molar-refractivity contribution is 0.284. The van der Waals surface area contributed by atoms with Gasteiger partial charge in [-0.25, -0.2) is 8.42 Å². The predicted molar refractivity (Wildman–Crippen MR) is 70.5 cm³/mol. The minimum Gasteiger partial charge on any atom is -0.312 e. The minimum absolute atomic E-state index is 0.0301. The standard InChI is InChI=1S/C12H27NO2S/c1-7-10(8-2)11(13-9-3)12(4,5)16(6,14)15/h10-11,13H,7-9H2,1-6H3. The van der Waals surface area contributed by atoms with Crippen molar-refractivity contribution in [3.63, 3.8) is 0 Å². The second-order valence-corrected chi connectivity index (χ2v) is 7.58. The van der Waals surface area contributed by atoms with Crippen LogP contribution in [0.4, 0.5) is 0 Å². The molecular formula is C12H27NO2S. The summed E-state index contributed by atoms with van der Waals surface area (Å²) in [5.74, 6) is 0.407. The highest BCUT2D eigenvalue weighted by Crippen LogP contribution is 2.28. The van der Waals surface area contributed by atoms with Gasteiger partial charge < -0.3 is 5.32 Å². The summed E-state index contributed by atoms with van der Waals surface area (Å²) in [5.41, 5.74) is 0. The van der Waals surface area contributed by atoms with Gasteiger partial charge in [-0.1, -0.05) is 33.6 Å². The van der Waals surface area contributed by atoms with Gasteiger partial charge in [-0.15, -0.1) is 0 Å². The molecule has 1 unspecified atom stereocenters. The van der Waals surface area contributed by atoms with Crippen molar-refractivity contribution < 1.29 is 8.42 Å². The van der Waals surface area contributed by atoms with Crippen molar-refractivity contribution >= 4 is 9.84 Å². The zero-order chi connectivity index (χ0) is 13.0. The van der Waals surface area contributed by atoms with Gasteiger partial charge in [0.1, 0.15) is 0 Å². The molecule has 0 aliphatic rings. The Labute approximate surface area is 101 Å². The topological polar surface area (TPSA) is 46.2 Å². The van der Waals surface area contributed by atoms with Crippen LogP contribution in [0.15, 0.2) is 0 Å². The third-order valence-corrected chi connectivity index (χ3v) is 5.81. The van der Waals surface area contributed by atoms with Crippen LogP contribution in [-0.4, -0.2) is 32.0 Å². The second kappa shape index (κ2) is 6.01. The van der Waals surface area contributed by atoms with E-state index in [1.165, 1.54) is 6.26 Å². The lowest BCUT2D eigenvalue weighted by atomic mass is 9.86. The molecular weight excluding hydrogens is 222 g/mol. The monoisotopic (exact) mass is 249 g/mol. The van der Waals surface area contributed by atoms with Crippen LogP contribution in [0.5, 0.6) is 0 Å². The molecule has 0 saturated heterocycles. The molecule has 0 spiro atoms. The highest BCUT2D eigenvalue weighted by molar-refractivity contribution is 7.92. The number of hydrogen-bond donors (Lipinski definition) is 1. The summed E-state index contributed by atoms with van der Waals surface area (Å²) in [7, 11) is -3.05. The van der Waals surface area contributed by atoms with Gasteiger partial charge in [0.05, 0.1) is 4.75 Å². The van der Waals surface area contributed by atoms with Gasteiger partial charge in [0.25, 0.3) is 0 Å². The Bertz CT molecular complexity index is 292. The van der Waals surface area contributed by atoms with Gasteiger partial charge >= 0.3 is 0 Å². The Morgan fingerprint density at radius 1 is 1.12 bits per heavy atom. The maximum absolute atomic E-state index is 11.9. The molecule has 4 heteroatoms. The van der Waals surface area contributed by atoms with E-state index in [-0.39, 0.29) is 6.04 Å². The van der Waals surface area contributed by atoms with Crippen molar-refractivity contribution in [1.82, 2.24) is 5.32 Å². The molecule has 0 rings (SSSR count). The molecule has 0 amide bonds. The molecule has 0 aliphatic heterocycles. The summed E-state index contributed by atoms with van der Waals surface area (Å²) in [4.78, 5) is 0. The van der Waals surface area contributed by atoms with Crippen LogP contribution in [-0.2, 0) is 9.84 Å². The fourth-order valence-electron chi connectivity index (χ4n) is 2.19. The molecule has 0 bridgehead atoms. The molecule has 0 aliphatic carbocycles. The summed E-state index contributed by atoms with van der Waals surface area (Å²) in [6.07, 6.45) is 3.35. The SMILES string of the molecule is CCNC(C(CC)CC)C(C)(C)S(C)(=O)=O. The van der Waals surface area contributed by atoms with Gasteiger partial charge in [-0.2, -0.15) is 0 Å². The van der Waals surface area contributed by atoms with E-state index < -0.39 is 14.6 Å². The zero-order valence-electron chi connectivity index (χ0n) is 11.5. The van der Waals surface area contributed by atoms with Gasteiger partial charge in [-0.05, 0) is 26.3 Å². The summed E-state index contributed by atoms with van der Waals surface area (Å²) in [6.45, 7) is 10.7. The molecule has 0 aromatic rings. The summed E-state index contributed by atoms with van der Waals surface area (Å²) in [5, 5.41) is 3.35. The molecule has 1 N–H and O–H groups in total. The molecule has 0 aromatic heterocycles. The normalized spacial score (nSPS) is 15.4. The van der Waals surface area contributed by atoms with E-state index in [9.17, 15) is 8.42 Å². The molecule has 0 saturated carbocycles. The predicted octanol–water partition coefficient (Wildman–Crippen LogP) is 2.22. The zero-order valence-corrected chi connectivity index (χ0v) is 12.3. The summed E-state index contributed by atoms with van der Waals surface area (Å²) < 4.78 is 23.0. The van der Waals surface area contributed by atoms with Crippen molar-refractivity contribution in [2.45, 2.75) is 58.2 Å². The number of hydrogen-bond acceptors (Lipinski definition) is 3. The van der Waals surface area contributed by atoms with Crippen LogP contribution in [0.3, 0.4) is 0 Å². The maximum atomic E-state index is 11.9. The molecule has 16 heavy (non-hydrogen) atoms. The highest BCUT2D eigenvalue weighted by atomic mass is 32.2. The van der Waals surface area contributed by atoms with E-state index in [0.29, 0.717) is 5.92 Å². The fourth-order valence-corrected chi connectivity index (χ4v) is 2.93. The van der Waals surface area contributed by atoms with Gasteiger partial charge in [-0.3, -0.25) is 0 Å². The number of nitrogens with one attached hydrogen (secondary N) is 1. The summed E-state index contributed by atoms with van der Waals surface area (Å²) >= 11 is 0. The minimum atomic E-state index is -3.05. The number of sulfone groups is 1. The van der Waals surface area contributed by atoms with Crippen LogP contribution < -0.4 is 5.32 Å². The largest absolute Gasteiger partial charge is 0.312 e. The van der Waals surface area contributed by atoms with E-state index in [4.69, 9.17) is 0 Å². The highest BCUT2D eigenvalue weighted by Gasteiger charge is 2.41. The van der Waals surface area contributed by atoms with Crippen molar-refractivity contribution in [2.24, 2.45) is 5.92 Å².